The summed E-state index contributed by atoms with van der Waals surface area (Å²) in [4.78, 5) is 30.4. The van der Waals surface area contributed by atoms with Crippen LogP contribution >= 0.6 is 27.3 Å². The van der Waals surface area contributed by atoms with Crippen LogP contribution in [0.3, 0.4) is 0 Å². The molecule has 1 aromatic carbocycles. The maximum absolute atomic E-state index is 13.0. The third-order valence-electron chi connectivity index (χ3n) is 5.59. The van der Waals surface area contributed by atoms with Gasteiger partial charge in [0.15, 0.2) is 5.13 Å². The molecular weight excluding hydrogens is 522 g/mol. The molecule has 0 spiro atoms. The quantitative estimate of drug-likeness (QED) is 0.415. The van der Waals surface area contributed by atoms with Crippen LogP contribution in [0.4, 0.5) is 5.13 Å². The van der Waals surface area contributed by atoms with Gasteiger partial charge in [-0.3, -0.25) is 4.79 Å². The highest BCUT2D eigenvalue weighted by atomic mass is 79.9. The second kappa shape index (κ2) is 10.2. The summed E-state index contributed by atoms with van der Waals surface area (Å²) >= 11 is 5.12. The molecule has 2 aromatic heterocycles. The Bertz CT molecular complexity index is 1250. The van der Waals surface area contributed by atoms with E-state index in [9.17, 15) is 9.59 Å². The van der Waals surface area contributed by atoms with Crippen molar-refractivity contribution in [3.8, 4) is 22.9 Å². The summed E-state index contributed by atoms with van der Waals surface area (Å²) in [6.07, 6.45) is 2.59. The van der Waals surface area contributed by atoms with Gasteiger partial charge in [0.1, 0.15) is 22.9 Å². The number of hydrogen-bond acceptors (Lipinski definition) is 7. The van der Waals surface area contributed by atoms with Crippen molar-refractivity contribution in [1.82, 2.24) is 9.55 Å². The van der Waals surface area contributed by atoms with Gasteiger partial charge in [0, 0.05) is 24.4 Å². The summed E-state index contributed by atoms with van der Waals surface area (Å²) in [5.74, 6) is 0.723. The van der Waals surface area contributed by atoms with Gasteiger partial charge < -0.3 is 24.1 Å². The summed E-state index contributed by atoms with van der Waals surface area (Å²) in [5, 5.41) is 3.35. The molecular formula is C24H26BrN3O5S. The van der Waals surface area contributed by atoms with E-state index in [0.29, 0.717) is 28.9 Å². The fraction of sp³-hybridized carbons (Fsp3) is 0.375. The zero-order valence-electron chi connectivity index (χ0n) is 19.5. The van der Waals surface area contributed by atoms with Crippen LogP contribution in [-0.4, -0.2) is 42.3 Å². The van der Waals surface area contributed by atoms with Gasteiger partial charge in [-0.2, -0.15) is 0 Å². The fourth-order valence-electron chi connectivity index (χ4n) is 4.14. The molecule has 0 saturated heterocycles. The molecule has 34 heavy (non-hydrogen) atoms. The second-order valence-corrected chi connectivity index (χ2v) is 9.71. The van der Waals surface area contributed by atoms with E-state index in [1.54, 1.807) is 27.2 Å². The van der Waals surface area contributed by atoms with E-state index in [2.05, 4.69) is 21.2 Å². The standard InChI is InChI=1S/C24H26BrN3O5S/c1-5-33-23(30)17-10-14-7-6-8-19-21(27-24(34-19)26-13(2)29)22(14)28(17)12-15-9-16(31-3)11-18(32-4)20(15)25/h9-11H,5-8,12H2,1-4H3,(H,26,27,29). The van der Waals surface area contributed by atoms with Crippen LogP contribution in [0.25, 0.3) is 11.4 Å². The van der Waals surface area contributed by atoms with Crippen LogP contribution < -0.4 is 14.8 Å². The molecule has 1 amide bonds. The number of ether oxygens (including phenoxy) is 3. The molecule has 2 heterocycles. The minimum Gasteiger partial charge on any atom is -0.497 e. The summed E-state index contributed by atoms with van der Waals surface area (Å²) in [5.41, 5.74) is 4.04. The maximum Gasteiger partial charge on any atom is 0.354 e. The average Bonchev–Trinajstić information content (AvgIpc) is 3.30. The highest BCUT2D eigenvalue weighted by Crippen LogP contribution is 2.41. The number of benzene rings is 1. The normalized spacial score (nSPS) is 12.4. The van der Waals surface area contributed by atoms with Gasteiger partial charge in [-0.1, -0.05) is 0 Å². The number of hydrogen-bond donors (Lipinski definition) is 1. The largest absolute Gasteiger partial charge is 0.497 e. The van der Waals surface area contributed by atoms with Crippen LogP contribution in [0, 0.1) is 0 Å². The van der Waals surface area contributed by atoms with Gasteiger partial charge in [-0.15, -0.1) is 11.3 Å². The molecule has 0 bridgehead atoms. The molecule has 0 aliphatic heterocycles. The molecule has 4 rings (SSSR count). The monoisotopic (exact) mass is 547 g/mol. The number of thiazole rings is 1. The highest BCUT2D eigenvalue weighted by molar-refractivity contribution is 9.10. The zero-order chi connectivity index (χ0) is 24.4. The lowest BCUT2D eigenvalue weighted by Crippen LogP contribution is -2.14. The summed E-state index contributed by atoms with van der Waals surface area (Å²) in [6.45, 7) is 3.90. The molecule has 1 aliphatic carbocycles. The van der Waals surface area contributed by atoms with Crippen LogP contribution in [-0.2, 0) is 28.9 Å². The number of nitrogens with one attached hydrogen (secondary N) is 1. The lowest BCUT2D eigenvalue weighted by Gasteiger charge is -2.16. The Kier molecular flexibility index (Phi) is 7.27. The molecule has 0 saturated carbocycles. The third kappa shape index (κ3) is 4.69. The van der Waals surface area contributed by atoms with E-state index in [1.807, 2.05) is 16.7 Å². The number of amides is 1. The molecule has 180 valence electrons. The Hall–Kier alpha value is -2.85. The number of aryl methyl sites for hydroxylation is 2. The van der Waals surface area contributed by atoms with Crippen molar-refractivity contribution in [2.45, 2.75) is 39.7 Å². The minimum atomic E-state index is -0.388. The van der Waals surface area contributed by atoms with Crippen molar-refractivity contribution in [2.75, 3.05) is 26.1 Å². The number of rotatable bonds is 7. The topological polar surface area (TPSA) is 91.7 Å². The molecule has 0 atom stereocenters. The van der Waals surface area contributed by atoms with E-state index < -0.39 is 0 Å². The molecule has 0 unspecified atom stereocenters. The van der Waals surface area contributed by atoms with Gasteiger partial charge in [-0.05, 0) is 65.4 Å². The van der Waals surface area contributed by atoms with Crippen LogP contribution in [0.5, 0.6) is 11.5 Å². The first-order valence-electron chi connectivity index (χ1n) is 10.9. The number of fused-ring (bicyclic) bond motifs is 3. The van der Waals surface area contributed by atoms with E-state index >= 15 is 0 Å². The van der Waals surface area contributed by atoms with Crippen LogP contribution in [0.15, 0.2) is 22.7 Å². The lowest BCUT2D eigenvalue weighted by molar-refractivity contribution is -0.114. The van der Waals surface area contributed by atoms with Crippen molar-refractivity contribution in [1.29, 1.82) is 0 Å². The zero-order valence-corrected chi connectivity index (χ0v) is 21.9. The summed E-state index contributed by atoms with van der Waals surface area (Å²) in [6, 6.07) is 5.62. The number of aromatic nitrogens is 2. The van der Waals surface area contributed by atoms with Crippen LogP contribution in [0.2, 0.25) is 0 Å². The van der Waals surface area contributed by atoms with E-state index in [0.717, 1.165) is 51.1 Å². The predicted octanol–water partition coefficient (Wildman–Crippen LogP) is 5.06. The first-order valence-corrected chi connectivity index (χ1v) is 12.5. The number of halogens is 1. The Morgan fingerprint density at radius 3 is 2.68 bits per heavy atom. The van der Waals surface area contributed by atoms with Crippen molar-refractivity contribution in [3.05, 3.63) is 44.4 Å². The van der Waals surface area contributed by atoms with Gasteiger partial charge >= 0.3 is 5.97 Å². The van der Waals surface area contributed by atoms with Crippen LogP contribution in [0.1, 0.15) is 46.8 Å². The molecule has 1 N–H and O–H groups in total. The SMILES string of the molecule is CCOC(=O)c1cc2c(n1Cc1cc(OC)cc(OC)c1Br)-c1nc(NC(C)=O)sc1CCC2. The van der Waals surface area contributed by atoms with Crippen molar-refractivity contribution in [2.24, 2.45) is 0 Å². The molecule has 8 nitrogen and oxygen atoms in total. The number of esters is 1. The number of anilines is 1. The van der Waals surface area contributed by atoms with E-state index in [4.69, 9.17) is 19.2 Å². The Morgan fingerprint density at radius 2 is 2.00 bits per heavy atom. The van der Waals surface area contributed by atoms with Gasteiger partial charge in [0.2, 0.25) is 5.91 Å². The first-order chi connectivity index (χ1) is 16.4. The molecule has 3 aromatic rings. The average molecular weight is 548 g/mol. The highest BCUT2D eigenvalue weighted by Gasteiger charge is 2.29. The van der Waals surface area contributed by atoms with Crippen molar-refractivity contribution < 1.29 is 23.8 Å². The molecule has 0 fully saturated rings. The van der Waals surface area contributed by atoms with Gasteiger partial charge in [0.25, 0.3) is 0 Å². The van der Waals surface area contributed by atoms with E-state index in [-0.39, 0.29) is 18.5 Å². The second-order valence-electron chi connectivity index (χ2n) is 7.84. The van der Waals surface area contributed by atoms with Gasteiger partial charge in [-0.25, -0.2) is 9.78 Å². The lowest BCUT2D eigenvalue weighted by atomic mass is 10.1. The first kappa shape index (κ1) is 24.3. The van der Waals surface area contributed by atoms with Crippen molar-refractivity contribution in [3.63, 3.8) is 0 Å². The smallest absolute Gasteiger partial charge is 0.354 e. The Morgan fingerprint density at radius 1 is 1.21 bits per heavy atom. The predicted molar refractivity (Wildman–Crippen MR) is 134 cm³/mol. The minimum absolute atomic E-state index is 0.167. The number of nitrogens with zero attached hydrogens (tertiary/aromatic N) is 2. The molecule has 0 radical (unpaired) electrons. The number of carbonyl (C=O) groups excluding carboxylic acids is 2. The molecule has 1 aliphatic rings. The van der Waals surface area contributed by atoms with Crippen molar-refractivity contribution >= 4 is 44.3 Å². The fourth-order valence-corrected chi connectivity index (χ4v) is 5.71. The summed E-state index contributed by atoms with van der Waals surface area (Å²) < 4.78 is 19.1. The third-order valence-corrected chi connectivity index (χ3v) is 7.52. The van der Waals surface area contributed by atoms with E-state index in [1.165, 1.54) is 18.3 Å². The Labute approximate surface area is 210 Å². The molecule has 10 heteroatoms. The summed E-state index contributed by atoms with van der Waals surface area (Å²) in [7, 11) is 3.20. The number of carbonyl (C=O) groups is 2. The Balaban J connectivity index is 1.91. The number of methoxy groups -OCH3 is 2. The maximum atomic E-state index is 13.0. The van der Waals surface area contributed by atoms with Gasteiger partial charge in [0.05, 0.1) is 31.0 Å².